The van der Waals surface area contributed by atoms with Crippen LogP contribution in [-0.4, -0.2) is 206 Å². The Morgan fingerprint density at radius 3 is 2.31 bits per heavy atom. The maximum atomic E-state index is 14.7. The fourth-order valence-corrected chi connectivity index (χ4v) is 16.5. The third-order valence-electron chi connectivity index (χ3n) is 20.6. The van der Waals surface area contributed by atoms with Crippen LogP contribution in [-0.2, 0) is 29.1 Å². The molecule has 12 rings (SSSR count). The third kappa shape index (κ3) is 18.0. The van der Waals surface area contributed by atoms with Crippen LogP contribution in [0.15, 0.2) is 119 Å². The number of thiazole rings is 1. The molecule has 3 saturated heterocycles. The van der Waals surface area contributed by atoms with E-state index >= 15 is 0 Å². The van der Waals surface area contributed by atoms with Gasteiger partial charge in [0.05, 0.1) is 69.1 Å². The van der Waals surface area contributed by atoms with E-state index in [4.69, 9.17) is 26.1 Å². The number of benzene rings is 4. The molecular weight excluding hydrogens is 1380 g/mol. The van der Waals surface area contributed by atoms with Crippen molar-refractivity contribution < 1.29 is 47.1 Å². The summed E-state index contributed by atoms with van der Waals surface area (Å²) in [6.45, 7) is 23.5. The van der Waals surface area contributed by atoms with E-state index in [-0.39, 0.29) is 60.5 Å². The summed E-state index contributed by atoms with van der Waals surface area (Å²) >= 11 is 7.88. The van der Waals surface area contributed by atoms with Crippen molar-refractivity contribution in [2.45, 2.75) is 116 Å². The van der Waals surface area contributed by atoms with Crippen LogP contribution in [0.2, 0.25) is 5.02 Å². The first-order valence-corrected chi connectivity index (χ1v) is 38.7. The molecule has 7 aromatic rings. The number of nitro benzene ring substituents is 1. The van der Waals surface area contributed by atoms with Crippen molar-refractivity contribution in [3.05, 3.63) is 152 Å². The number of halogens is 1. The number of fused-ring (bicyclic) bond motifs is 2. The van der Waals surface area contributed by atoms with Crippen molar-refractivity contribution in [2.75, 3.05) is 127 Å². The van der Waals surface area contributed by atoms with Gasteiger partial charge in [0.2, 0.25) is 23.6 Å². The van der Waals surface area contributed by atoms with Crippen LogP contribution < -0.4 is 35.2 Å². The van der Waals surface area contributed by atoms with Gasteiger partial charge in [-0.2, -0.15) is 4.98 Å². The second-order valence-electron chi connectivity index (χ2n) is 29.7. The number of rotatable bonds is 25. The molecule has 3 fully saturated rings. The molecule has 0 saturated carbocycles. The molecule has 104 heavy (non-hydrogen) atoms. The van der Waals surface area contributed by atoms with Crippen LogP contribution >= 0.6 is 22.9 Å². The fourth-order valence-electron chi connectivity index (χ4n) is 14.6. The van der Waals surface area contributed by atoms with Crippen molar-refractivity contribution >= 4 is 102 Å². The summed E-state index contributed by atoms with van der Waals surface area (Å²) in [5, 5.41) is 34.0. The maximum absolute atomic E-state index is 14.7. The van der Waals surface area contributed by atoms with Crippen molar-refractivity contribution in [2.24, 2.45) is 10.8 Å². The van der Waals surface area contributed by atoms with Gasteiger partial charge in [-0.15, -0.1) is 11.3 Å². The largest absolute Gasteiger partial charge is 0.476 e. The Hall–Kier alpha value is -8.54. The van der Waals surface area contributed by atoms with Gasteiger partial charge < -0.3 is 50.2 Å². The summed E-state index contributed by atoms with van der Waals surface area (Å²) in [5.41, 5.74) is 10.5. The number of sulfonamides is 1. The van der Waals surface area contributed by atoms with E-state index in [0.29, 0.717) is 99.9 Å². The predicted octanol–water partition coefficient (Wildman–Crippen LogP) is 10.2. The normalized spacial score (nSPS) is 19.1. The number of piperazine rings is 2. The molecule has 4 aliphatic heterocycles. The highest BCUT2D eigenvalue weighted by molar-refractivity contribution is 7.90. The lowest BCUT2D eigenvalue weighted by Gasteiger charge is -2.39. The second-order valence-corrected chi connectivity index (χ2v) is 32.7. The Kier molecular flexibility index (Phi) is 23.4. The Morgan fingerprint density at radius 1 is 0.875 bits per heavy atom. The number of aliphatic hydroxyl groups is 1. The molecule has 0 unspecified atom stereocenters. The number of H-pyrrole nitrogens is 1. The molecule has 6 N–H and O–H groups in total. The average Bonchev–Trinajstić information content (AvgIpc) is 1.27. The van der Waals surface area contributed by atoms with Crippen LogP contribution in [0.25, 0.3) is 27.0 Å². The molecule has 554 valence electrons. The number of hydrogen-bond donors (Lipinski definition) is 6. The highest BCUT2D eigenvalue weighted by atomic mass is 35.5. The smallest absolute Gasteiger partial charge is 0.293 e. The third-order valence-corrected chi connectivity index (χ3v) is 23.1. The SMILES string of the molecule is Cc1ncsc1-c1ccc([C@H](C)NC(=O)[C@@H]2C[C@@H](O)CN2C(=O)[C@@H](NC(=O)CCOCCN2CCN(CCNc3ccc(S(=O)(=O)NC(=O)c4ccc(N5CCN(CC6=C(c7ccc(Cl)cc7)CC(C)(C)CC6)CC5)cc4N4CCCOc5nc6[nH]ccc6cc54)cc3[N+](=O)[O-])CC2)C(C)(C)C)cc1. The number of carbonyl (C=O) groups excluding carboxylic acids is 4. The van der Waals surface area contributed by atoms with Crippen molar-refractivity contribution in [3.63, 3.8) is 0 Å². The van der Waals surface area contributed by atoms with Gasteiger partial charge >= 0.3 is 0 Å². The van der Waals surface area contributed by atoms with Crippen LogP contribution in [0.5, 0.6) is 5.88 Å². The molecule has 5 aliphatic rings. The Bertz CT molecular complexity index is 4410. The first kappa shape index (κ1) is 75.2. The van der Waals surface area contributed by atoms with E-state index < -0.39 is 60.9 Å². The Morgan fingerprint density at radius 2 is 1.60 bits per heavy atom. The van der Waals surface area contributed by atoms with Crippen molar-refractivity contribution in [3.8, 4) is 16.3 Å². The van der Waals surface area contributed by atoms with Gasteiger partial charge in [0.25, 0.3) is 21.6 Å². The summed E-state index contributed by atoms with van der Waals surface area (Å²) in [6, 6.07) is 26.6. The monoisotopic (exact) mass is 1480 g/mol. The second kappa shape index (κ2) is 32.4. The molecule has 0 spiro atoms. The topological polar surface area (TPSA) is 293 Å². The van der Waals surface area contributed by atoms with Crippen molar-refractivity contribution in [1.29, 1.82) is 0 Å². The van der Waals surface area contributed by atoms with E-state index in [0.717, 1.165) is 90.8 Å². The Balaban J connectivity index is 0.612. The van der Waals surface area contributed by atoms with E-state index in [1.165, 1.54) is 33.7 Å². The molecule has 0 bridgehead atoms. The minimum atomic E-state index is -4.67. The van der Waals surface area contributed by atoms with Crippen LogP contribution in [0.3, 0.4) is 0 Å². The van der Waals surface area contributed by atoms with Crippen LogP contribution in [0.1, 0.15) is 113 Å². The molecule has 4 amide bonds. The number of aromatic amines is 1. The Labute approximate surface area is 616 Å². The lowest BCUT2D eigenvalue weighted by molar-refractivity contribution is -0.384. The summed E-state index contributed by atoms with van der Waals surface area (Å²) in [7, 11) is -4.67. The zero-order valence-electron chi connectivity index (χ0n) is 60.2. The predicted molar refractivity (Wildman–Crippen MR) is 405 cm³/mol. The molecule has 0 radical (unpaired) electrons. The summed E-state index contributed by atoms with van der Waals surface area (Å²) in [4.78, 5) is 93.6. The number of nitro groups is 1. The fraction of sp³-hybridized carbons (Fsp3) is 0.474. The number of allylic oxidation sites excluding steroid dienone is 1. The molecule has 7 heterocycles. The van der Waals surface area contributed by atoms with Crippen molar-refractivity contribution in [1.82, 2.24) is 49.9 Å². The summed E-state index contributed by atoms with van der Waals surface area (Å²) in [5.74, 6) is -1.75. The van der Waals surface area contributed by atoms with Crippen LogP contribution in [0, 0.1) is 27.9 Å². The van der Waals surface area contributed by atoms with Gasteiger partial charge in [-0.1, -0.05) is 88.2 Å². The lowest BCUT2D eigenvalue weighted by atomic mass is 9.72. The van der Waals surface area contributed by atoms with Crippen LogP contribution in [0.4, 0.5) is 28.4 Å². The number of likely N-dealkylation sites (tertiary alicyclic amines) is 1. The molecular formula is C76H95ClN14O11S2. The summed E-state index contributed by atoms with van der Waals surface area (Å²) < 4.78 is 42.9. The van der Waals surface area contributed by atoms with Gasteiger partial charge in [-0.3, -0.25) is 44.0 Å². The molecule has 4 aromatic carbocycles. The molecule has 4 atom stereocenters. The van der Waals surface area contributed by atoms with Gasteiger partial charge in [0.1, 0.15) is 29.1 Å². The number of amides is 4. The van der Waals surface area contributed by atoms with E-state index in [1.807, 2.05) is 106 Å². The number of carbonyl (C=O) groups is 4. The number of nitrogens with one attached hydrogen (secondary N) is 5. The highest BCUT2D eigenvalue weighted by Gasteiger charge is 2.45. The molecule has 3 aromatic heterocycles. The number of hydrogen-bond acceptors (Lipinski definition) is 20. The quantitative estimate of drug-likeness (QED) is 0.0176. The van der Waals surface area contributed by atoms with Gasteiger partial charge in [0.15, 0.2) is 0 Å². The molecule has 28 heteroatoms. The minimum absolute atomic E-state index is 0.00441. The number of nitrogens with zero attached hydrogens (tertiary/aromatic N) is 9. The number of aliphatic hydroxyl groups excluding tert-OH is 1. The number of anilines is 4. The number of β-amino-alcohol motifs (C(OH)–C–C–N with tert-alkyl or cyclic N) is 1. The van der Waals surface area contributed by atoms with E-state index in [1.54, 1.807) is 23.6 Å². The van der Waals surface area contributed by atoms with Gasteiger partial charge in [-0.05, 0) is 127 Å². The minimum Gasteiger partial charge on any atom is -0.476 e. The summed E-state index contributed by atoms with van der Waals surface area (Å²) in [6.07, 6.45) is 4.67. The zero-order chi connectivity index (χ0) is 73.6. The first-order valence-electron chi connectivity index (χ1n) is 35.9. The standard InChI is InChI=1S/C76H95ClN14O11S2/c1-49(51-9-11-53(12-10-51)68-50(2)80-48-103-68)81-72(95)65-43-58(92)47-90(65)74(96)69(75(3,4)5)82-67(93)23-39-101-40-37-86-31-29-85(30-32-86)28-26-78-62-20-18-59(44-64(62)91(97)98)104(99,100)84-71(94)60-19-17-57(42-63(60)89-27-8-38-102-73-66(89)41-54-22-25-79-70(54)83-73)88-35-33-87(34-36-88)46-55-21-24-76(6,7)45-61(55)52-13-15-56(77)16-14-52/h9-20,22,25,41-42,44,48-49,58,65,69,78,92H,8,21,23-24,26-40,43,45-47H2,1-7H3,(H,79,83)(H,81,95)(H,82,93)(H,84,94)/t49-,58+,65-,69+/m0/s1. The molecule has 25 nitrogen and oxygen atoms in total. The first-order chi connectivity index (χ1) is 49.7. The van der Waals surface area contributed by atoms with E-state index in [2.05, 4.69) is 76.2 Å². The zero-order valence-corrected chi connectivity index (χ0v) is 62.6. The molecule has 1 aliphatic carbocycles. The number of ether oxygens (including phenoxy) is 2. The number of pyridine rings is 1. The highest BCUT2D eigenvalue weighted by Crippen LogP contribution is 2.45. The number of aryl methyl sites for hydroxylation is 1. The maximum Gasteiger partial charge on any atom is 0.293 e. The number of aromatic nitrogens is 3. The van der Waals surface area contributed by atoms with E-state index in [9.17, 15) is 42.8 Å². The average molecular weight is 1480 g/mol. The van der Waals surface area contributed by atoms with Gasteiger partial charge in [0, 0.05) is 133 Å². The lowest BCUT2D eigenvalue weighted by Crippen LogP contribution is -2.58. The van der Waals surface area contributed by atoms with Gasteiger partial charge in [-0.25, -0.2) is 18.1 Å².